The Bertz CT molecular complexity index is 551. The summed E-state index contributed by atoms with van der Waals surface area (Å²) in [6, 6.07) is 0.365. The topological polar surface area (TPSA) is 70.4 Å². The highest BCUT2D eigenvalue weighted by atomic mass is 15.4. The zero-order chi connectivity index (χ0) is 16.2. The Kier molecular flexibility index (Phi) is 5.15. The number of guanidine groups is 1. The summed E-state index contributed by atoms with van der Waals surface area (Å²) in [5, 5.41) is 11.5. The van der Waals surface area contributed by atoms with Crippen LogP contribution in [0.5, 0.6) is 0 Å². The van der Waals surface area contributed by atoms with Gasteiger partial charge in [0.1, 0.15) is 11.6 Å². The van der Waals surface area contributed by atoms with Crippen LogP contribution >= 0.6 is 0 Å². The molecule has 0 aromatic carbocycles. The van der Waals surface area contributed by atoms with E-state index < -0.39 is 0 Å². The summed E-state index contributed by atoms with van der Waals surface area (Å²) in [7, 11) is 4.05. The van der Waals surface area contributed by atoms with Gasteiger partial charge in [0, 0.05) is 32.6 Å². The van der Waals surface area contributed by atoms with Crippen molar-refractivity contribution in [3.8, 4) is 0 Å². The number of hydrogen-bond acceptors (Lipinski definition) is 4. The van der Waals surface area contributed by atoms with E-state index >= 15 is 0 Å². The Balaban J connectivity index is 1.48. The fraction of sp³-hybridized carbons (Fsp3) is 0.812. The highest BCUT2D eigenvalue weighted by molar-refractivity contribution is 5.79. The van der Waals surface area contributed by atoms with Crippen LogP contribution in [-0.2, 0) is 13.0 Å². The molecule has 1 aromatic heterocycles. The van der Waals surface area contributed by atoms with Crippen LogP contribution in [0.15, 0.2) is 4.99 Å². The predicted octanol–water partition coefficient (Wildman–Crippen LogP) is 0.408. The van der Waals surface area contributed by atoms with E-state index in [1.165, 1.54) is 25.9 Å². The summed E-state index contributed by atoms with van der Waals surface area (Å²) in [6.45, 7) is 6.21. The van der Waals surface area contributed by atoms with Crippen molar-refractivity contribution in [1.29, 1.82) is 0 Å². The van der Waals surface area contributed by atoms with Crippen molar-refractivity contribution in [3.05, 3.63) is 11.6 Å². The average molecular weight is 319 g/mol. The molecule has 1 aromatic rings. The van der Waals surface area contributed by atoms with Crippen molar-refractivity contribution in [1.82, 2.24) is 30.3 Å². The summed E-state index contributed by atoms with van der Waals surface area (Å²) in [4.78, 5) is 11.3. The van der Waals surface area contributed by atoms with Crippen LogP contribution in [0.4, 0.5) is 0 Å². The molecule has 128 valence electrons. The lowest BCUT2D eigenvalue weighted by Crippen LogP contribution is -2.49. The van der Waals surface area contributed by atoms with E-state index in [0.717, 1.165) is 43.5 Å². The number of likely N-dealkylation sites (tertiary alicyclic amines) is 1. The number of piperidine rings is 1. The number of aliphatic imine (C=N–C) groups is 1. The van der Waals surface area contributed by atoms with Crippen molar-refractivity contribution >= 4 is 5.96 Å². The monoisotopic (exact) mass is 319 g/mol. The van der Waals surface area contributed by atoms with Gasteiger partial charge >= 0.3 is 0 Å². The first kappa shape index (κ1) is 16.2. The van der Waals surface area contributed by atoms with Crippen molar-refractivity contribution in [3.63, 3.8) is 0 Å². The van der Waals surface area contributed by atoms with E-state index in [2.05, 4.69) is 37.7 Å². The van der Waals surface area contributed by atoms with Gasteiger partial charge in [-0.05, 0) is 45.7 Å². The third-order valence-corrected chi connectivity index (χ3v) is 4.81. The fourth-order valence-corrected chi connectivity index (χ4v) is 3.62. The summed E-state index contributed by atoms with van der Waals surface area (Å²) in [6.07, 6.45) is 4.65. The van der Waals surface area contributed by atoms with E-state index in [4.69, 9.17) is 0 Å². The molecule has 2 atom stereocenters. The Labute approximate surface area is 138 Å². The molecule has 0 bridgehead atoms. The molecule has 0 aliphatic carbocycles. The number of nitrogens with zero attached hydrogens (tertiary/aromatic N) is 5. The molecule has 2 aliphatic rings. The Hall–Kier alpha value is -1.63. The van der Waals surface area contributed by atoms with E-state index in [1.54, 1.807) is 0 Å². The molecule has 2 aliphatic heterocycles. The lowest BCUT2D eigenvalue weighted by Gasteiger charge is -2.31. The standard InChI is InChI=1S/C16H29N7/c1-12-19-15-7-6-14(11-23(15)21-12)20-16(17-2)18-9-13-5-4-8-22(3)10-13/h13-14H,4-11H2,1-3H3,(H2,17,18,20). The van der Waals surface area contributed by atoms with E-state index in [9.17, 15) is 0 Å². The number of nitrogens with one attached hydrogen (secondary N) is 2. The maximum Gasteiger partial charge on any atom is 0.191 e. The molecule has 23 heavy (non-hydrogen) atoms. The number of aromatic nitrogens is 3. The highest BCUT2D eigenvalue weighted by Crippen LogP contribution is 2.14. The average Bonchev–Trinajstić information content (AvgIpc) is 2.90. The van der Waals surface area contributed by atoms with Crippen LogP contribution in [0.2, 0.25) is 0 Å². The molecule has 0 saturated carbocycles. The van der Waals surface area contributed by atoms with Gasteiger partial charge in [-0.15, -0.1) is 0 Å². The Morgan fingerprint density at radius 2 is 2.22 bits per heavy atom. The van der Waals surface area contributed by atoms with Gasteiger partial charge in [-0.25, -0.2) is 9.67 Å². The highest BCUT2D eigenvalue weighted by Gasteiger charge is 2.22. The molecule has 2 N–H and O–H groups in total. The van der Waals surface area contributed by atoms with E-state index in [-0.39, 0.29) is 0 Å². The van der Waals surface area contributed by atoms with Crippen molar-refractivity contribution in [2.24, 2.45) is 10.9 Å². The van der Waals surface area contributed by atoms with Crippen LogP contribution in [0, 0.1) is 12.8 Å². The molecule has 0 spiro atoms. The van der Waals surface area contributed by atoms with Crippen LogP contribution in [0.1, 0.15) is 30.9 Å². The lowest BCUT2D eigenvalue weighted by molar-refractivity contribution is 0.210. The smallest absolute Gasteiger partial charge is 0.191 e. The Morgan fingerprint density at radius 3 is 3.00 bits per heavy atom. The number of rotatable bonds is 3. The molecule has 3 rings (SSSR count). The zero-order valence-corrected chi connectivity index (χ0v) is 14.5. The molecule has 2 unspecified atom stereocenters. The van der Waals surface area contributed by atoms with Gasteiger partial charge < -0.3 is 15.5 Å². The third-order valence-electron chi connectivity index (χ3n) is 4.81. The molecule has 7 heteroatoms. The van der Waals surface area contributed by atoms with Crippen molar-refractivity contribution < 1.29 is 0 Å². The van der Waals surface area contributed by atoms with Gasteiger partial charge in [0.25, 0.3) is 0 Å². The van der Waals surface area contributed by atoms with E-state index in [0.29, 0.717) is 12.0 Å². The summed E-state index contributed by atoms with van der Waals surface area (Å²) < 4.78 is 2.03. The molecule has 3 heterocycles. The number of fused-ring (bicyclic) bond motifs is 1. The second kappa shape index (κ2) is 7.29. The van der Waals surface area contributed by atoms with Crippen LogP contribution in [0.25, 0.3) is 0 Å². The summed E-state index contributed by atoms with van der Waals surface area (Å²) in [5.41, 5.74) is 0. The summed E-state index contributed by atoms with van der Waals surface area (Å²) >= 11 is 0. The molecule has 1 saturated heterocycles. The normalized spacial score (nSPS) is 26.0. The maximum absolute atomic E-state index is 4.46. The van der Waals surface area contributed by atoms with Gasteiger partial charge in [0.05, 0.1) is 6.54 Å². The molecule has 7 nitrogen and oxygen atoms in total. The number of aryl methyl sites for hydroxylation is 2. The largest absolute Gasteiger partial charge is 0.356 e. The van der Waals surface area contributed by atoms with Crippen molar-refractivity contribution in [2.75, 3.05) is 33.7 Å². The predicted molar refractivity (Wildman–Crippen MR) is 91.6 cm³/mol. The molecule has 1 fully saturated rings. The van der Waals surface area contributed by atoms with Gasteiger partial charge in [-0.3, -0.25) is 4.99 Å². The molecular formula is C16H29N7. The Morgan fingerprint density at radius 1 is 1.35 bits per heavy atom. The SMILES string of the molecule is CN=C(NCC1CCCN(C)C1)NC1CCc2nc(C)nn2C1. The second-order valence-electron chi connectivity index (χ2n) is 6.86. The minimum absolute atomic E-state index is 0.365. The lowest BCUT2D eigenvalue weighted by atomic mass is 9.98. The molecule has 0 radical (unpaired) electrons. The summed E-state index contributed by atoms with van der Waals surface area (Å²) in [5.74, 6) is 3.59. The van der Waals surface area contributed by atoms with Crippen molar-refractivity contribution in [2.45, 2.75) is 45.2 Å². The second-order valence-corrected chi connectivity index (χ2v) is 6.86. The van der Waals surface area contributed by atoms with Gasteiger partial charge in [0.15, 0.2) is 5.96 Å². The zero-order valence-electron chi connectivity index (χ0n) is 14.5. The maximum atomic E-state index is 4.46. The minimum atomic E-state index is 0.365. The fourth-order valence-electron chi connectivity index (χ4n) is 3.62. The molecule has 0 amide bonds. The number of hydrogen-bond donors (Lipinski definition) is 2. The van der Waals surface area contributed by atoms with Gasteiger partial charge in [0.2, 0.25) is 0 Å². The van der Waals surface area contributed by atoms with E-state index in [1.807, 2.05) is 18.7 Å². The first-order chi connectivity index (χ1) is 11.1. The first-order valence-electron chi connectivity index (χ1n) is 8.70. The van der Waals surface area contributed by atoms with Crippen LogP contribution < -0.4 is 10.6 Å². The minimum Gasteiger partial charge on any atom is -0.356 e. The van der Waals surface area contributed by atoms with Crippen LogP contribution in [0.3, 0.4) is 0 Å². The van der Waals surface area contributed by atoms with Gasteiger partial charge in [-0.1, -0.05) is 0 Å². The first-order valence-corrected chi connectivity index (χ1v) is 8.70. The quantitative estimate of drug-likeness (QED) is 0.624. The van der Waals surface area contributed by atoms with Crippen LogP contribution in [-0.4, -0.2) is 65.4 Å². The third kappa shape index (κ3) is 4.22. The molecular weight excluding hydrogens is 290 g/mol. The van der Waals surface area contributed by atoms with Gasteiger partial charge in [-0.2, -0.15) is 5.10 Å².